The van der Waals surface area contributed by atoms with E-state index in [2.05, 4.69) is 4.74 Å². The third-order valence-electron chi connectivity index (χ3n) is 0.949. The predicted octanol–water partition coefficient (Wildman–Crippen LogP) is 1.10. The summed E-state index contributed by atoms with van der Waals surface area (Å²) in [5.41, 5.74) is 0. The van der Waals surface area contributed by atoms with Crippen LogP contribution in [0.2, 0.25) is 0 Å². The zero-order valence-corrected chi connectivity index (χ0v) is 6.51. The third-order valence-corrected chi connectivity index (χ3v) is 0.949. The van der Waals surface area contributed by atoms with Gasteiger partial charge in [0.05, 0.1) is 13.7 Å². The molecular formula is C7H12O3. The van der Waals surface area contributed by atoms with Crippen LogP contribution in [0.5, 0.6) is 0 Å². The van der Waals surface area contributed by atoms with Gasteiger partial charge in [-0.25, -0.2) is 4.79 Å². The number of hydrogen-bond donors (Lipinski definition) is 0. The second kappa shape index (κ2) is 4.85. The fraction of sp³-hybridized carbons (Fsp3) is 0.571. The van der Waals surface area contributed by atoms with Crippen molar-refractivity contribution >= 4 is 5.97 Å². The Balaban J connectivity index is 3.95. The van der Waals surface area contributed by atoms with Crippen molar-refractivity contribution in [3.8, 4) is 0 Å². The molecule has 0 radical (unpaired) electrons. The molecule has 10 heavy (non-hydrogen) atoms. The molecule has 0 N–H and O–H groups in total. The Labute approximate surface area is 60.6 Å². The van der Waals surface area contributed by atoms with Crippen LogP contribution < -0.4 is 0 Å². The first kappa shape index (κ1) is 9.01. The number of ether oxygens (including phenoxy) is 2. The second-order valence-electron chi connectivity index (χ2n) is 1.58. The van der Waals surface area contributed by atoms with Gasteiger partial charge < -0.3 is 9.47 Å². The molecule has 0 saturated carbocycles. The van der Waals surface area contributed by atoms with Crippen LogP contribution in [0.15, 0.2) is 11.8 Å². The van der Waals surface area contributed by atoms with Crippen LogP contribution >= 0.6 is 0 Å². The van der Waals surface area contributed by atoms with Crippen LogP contribution in [0.1, 0.15) is 13.8 Å². The van der Waals surface area contributed by atoms with Crippen LogP contribution in [-0.4, -0.2) is 19.7 Å². The number of esters is 1. The van der Waals surface area contributed by atoms with E-state index >= 15 is 0 Å². The Hall–Kier alpha value is -0.990. The molecule has 0 aliphatic rings. The maximum atomic E-state index is 10.7. The highest BCUT2D eigenvalue weighted by Gasteiger charge is 2.07. The molecule has 58 valence electrons. The van der Waals surface area contributed by atoms with E-state index < -0.39 is 5.97 Å². The van der Waals surface area contributed by atoms with Crippen molar-refractivity contribution in [1.82, 2.24) is 0 Å². The van der Waals surface area contributed by atoms with Gasteiger partial charge in [-0.1, -0.05) is 0 Å². The highest BCUT2D eigenvalue weighted by molar-refractivity contribution is 5.85. The molecule has 3 nitrogen and oxygen atoms in total. The average Bonchev–Trinajstić information content (AvgIpc) is 1.99. The molecule has 3 heteroatoms. The predicted molar refractivity (Wildman–Crippen MR) is 37.4 cm³/mol. The maximum absolute atomic E-state index is 10.7. The fourth-order valence-corrected chi connectivity index (χ4v) is 0.516. The van der Waals surface area contributed by atoms with Crippen LogP contribution in [0.25, 0.3) is 0 Å². The molecular weight excluding hydrogens is 132 g/mol. The van der Waals surface area contributed by atoms with Crippen molar-refractivity contribution in [1.29, 1.82) is 0 Å². The van der Waals surface area contributed by atoms with Crippen LogP contribution in [0.3, 0.4) is 0 Å². The normalized spacial score (nSPS) is 10.9. The van der Waals surface area contributed by atoms with Gasteiger partial charge in [-0.15, -0.1) is 0 Å². The van der Waals surface area contributed by atoms with E-state index in [0.29, 0.717) is 6.61 Å². The largest absolute Gasteiger partial charge is 0.487 e. The average molecular weight is 144 g/mol. The number of rotatable bonds is 3. The molecule has 0 spiro atoms. The van der Waals surface area contributed by atoms with Gasteiger partial charge in [0.25, 0.3) is 0 Å². The first-order valence-electron chi connectivity index (χ1n) is 3.13. The van der Waals surface area contributed by atoms with Crippen molar-refractivity contribution in [2.75, 3.05) is 13.7 Å². The lowest BCUT2D eigenvalue weighted by molar-refractivity contribution is -0.140. The van der Waals surface area contributed by atoms with E-state index in [1.165, 1.54) is 7.11 Å². The van der Waals surface area contributed by atoms with Crippen molar-refractivity contribution in [2.45, 2.75) is 13.8 Å². The van der Waals surface area contributed by atoms with Gasteiger partial charge in [-0.2, -0.15) is 0 Å². The van der Waals surface area contributed by atoms with E-state index in [0.717, 1.165) is 0 Å². The van der Waals surface area contributed by atoms with Gasteiger partial charge in [0.15, 0.2) is 5.76 Å². The number of carbonyl (C=O) groups is 1. The summed E-state index contributed by atoms with van der Waals surface area (Å²) in [4.78, 5) is 10.7. The summed E-state index contributed by atoms with van der Waals surface area (Å²) in [7, 11) is 1.32. The zero-order valence-electron chi connectivity index (χ0n) is 6.51. The lowest BCUT2D eigenvalue weighted by Crippen LogP contribution is -2.07. The number of carbonyl (C=O) groups excluding carboxylic acids is 1. The molecule has 0 aromatic heterocycles. The highest BCUT2D eigenvalue weighted by atomic mass is 16.6. The van der Waals surface area contributed by atoms with Crippen LogP contribution in [0.4, 0.5) is 0 Å². The van der Waals surface area contributed by atoms with Crippen LogP contribution in [0, 0.1) is 0 Å². The van der Waals surface area contributed by atoms with Gasteiger partial charge in [0.1, 0.15) is 0 Å². The summed E-state index contributed by atoms with van der Waals surface area (Å²) in [6.45, 7) is 4.02. The maximum Gasteiger partial charge on any atom is 0.372 e. The Morgan fingerprint density at radius 2 is 2.20 bits per heavy atom. The van der Waals surface area contributed by atoms with Crippen molar-refractivity contribution in [3.05, 3.63) is 11.8 Å². The zero-order chi connectivity index (χ0) is 7.98. The summed E-state index contributed by atoms with van der Waals surface area (Å²) in [6.07, 6.45) is 1.58. The van der Waals surface area contributed by atoms with Gasteiger partial charge in [-0.3, -0.25) is 0 Å². The van der Waals surface area contributed by atoms with E-state index in [9.17, 15) is 4.79 Å². The Morgan fingerprint density at radius 1 is 1.60 bits per heavy atom. The number of allylic oxidation sites excluding steroid dienone is 1. The molecule has 0 bridgehead atoms. The molecule has 0 aliphatic heterocycles. The van der Waals surface area contributed by atoms with E-state index in [4.69, 9.17) is 4.74 Å². The minimum atomic E-state index is -0.427. The summed E-state index contributed by atoms with van der Waals surface area (Å²) in [6, 6.07) is 0. The Bertz CT molecular complexity index is 138. The lowest BCUT2D eigenvalue weighted by atomic mass is 10.5. The van der Waals surface area contributed by atoms with Crippen molar-refractivity contribution in [3.63, 3.8) is 0 Å². The number of methoxy groups -OCH3 is 1. The fourth-order valence-electron chi connectivity index (χ4n) is 0.516. The topological polar surface area (TPSA) is 35.5 Å². The summed E-state index contributed by atoms with van der Waals surface area (Å²) >= 11 is 0. The minimum absolute atomic E-state index is 0.269. The van der Waals surface area contributed by atoms with Gasteiger partial charge in [0.2, 0.25) is 0 Å². The molecule has 0 rings (SSSR count). The standard InChI is InChI=1S/C7H12O3/c1-4-6(10-5-2)7(8)9-3/h4H,5H2,1-3H3. The first-order valence-corrected chi connectivity index (χ1v) is 3.13. The third kappa shape index (κ3) is 2.53. The van der Waals surface area contributed by atoms with Crippen LogP contribution in [-0.2, 0) is 14.3 Å². The monoisotopic (exact) mass is 144 g/mol. The molecule has 0 saturated heterocycles. The minimum Gasteiger partial charge on any atom is -0.487 e. The second-order valence-corrected chi connectivity index (χ2v) is 1.58. The lowest BCUT2D eigenvalue weighted by Gasteiger charge is -2.03. The molecule has 0 heterocycles. The van der Waals surface area contributed by atoms with Gasteiger partial charge in [0, 0.05) is 0 Å². The highest BCUT2D eigenvalue weighted by Crippen LogP contribution is 1.98. The van der Waals surface area contributed by atoms with Gasteiger partial charge >= 0.3 is 5.97 Å². The Morgan fingerprint density at radius 3 is 2.50 bits per heavy atom. The summed E-state index contributed by atoms with van der Waals surface area (Å²) < 4.78 is 9.35. The molecule has 0 aromatic carbocycles. The van der Waals surface area contributed by atoms with Gasteiger partial charge in [-0.05, 0) is 19.9 Å². The first-order chi connectivity index (χ1) is 4.76. The molecule has 0 aliphatic carbocycles. The molecule has 0 fully saturated rings. The molecule has 0 atom stereocenters. The molecule has 0 aromatic rings. The van der Waals surface area contributed by atoms with E-state index in [1.807, 2.05) is 6.92 Å². The smallest absolute Gasteiger partial charge is 0.372 e. The van der Waals surface area contributed by atoms with E-state index in [-0.39, 0.29) is 5.76 Å². The summed E-state index contributed by atoms with van der Waals surface area (Å²) in [5.74, 6) is -0.158. The SMILES string of the molecule is CC=C(OCC)C(=O)OC. The van der Waals surface area contributed by atoms with Crippen molar-refractivity contribution < 1.29 is 14.3 Å². The quantitative estimate of drug-likeness (QED) is 0.338. The Kier molecular flexibility index (Phi) is 4.37. The molecule has 0 unspecified atom stereocenters. The van der Waals surface area contributed by atoms with E-state index in [1.54, 1.807) is 13.0 Å². The summed E-state index contributed by atoms with van der Waals surface area (Å²) in [5, 5.41) is 0. The van der Waals surface area contributed by atoms with Crippen molar-refractivity contribution in [2.24, 2.45) is 0 Å². The number of hydrogen-bond acceptors (Lipinski definition) is 3. The molecule has 0 amide bonds.